The van der Waals surface area contributed by atoms with Crippen molar-refractivity contribution in [1.82, 2.24) is 9.97 Å². The summed E-state index contributed by atoms with van der Waals surface area (Å²) in [4.78, 5) is 10.2. The standard InChI is InChI=1S/C12H15F3N4/c1-8-6-10(7-16)18-11(17-8)19-4-2-9(3-5-19)12(13,14)15/h2,6H,3-5,7,16H2,1H3. The summed E-state index contributed by atoms with van der Waals surface area (Å²) in [5.41, 5.74) is 6.50. The lowest BCUT2D eigenvalue weighted by Gasteiger charge is -2.27. The summed E-state index contributed by atoms with van der Waals surface area (Å²) in [5.74, 6) is 0.443. The molecule has 0 aromatic carbocycles. The summed E-state index contributed by atoms with van der Waals surface area (Å²) in [5, 5.41) is 0. The van der Waals surface area contributed by atoms with Gasteiger partial charge < -0.3 is 10.6 Å². The van der Waals surface area contributed by atoms with Crippen LogP contribution in [0.25, 0.3) is 0 Å². The predicted octanol–water partition coefficient (Wildman–Crippen LogP) is 1.94. The Balaban J connectivity index is 2.18. The van der Waals surface area contributed by atoms with Crippen LogP contribution in [-0.2, 0) is 6.54 Å². The summed E-state index contributed by atoms with van der Waals surface area (Å²) >= 11 is 0. The molecule has 1 aliphatic heterocycles. The fourth-order valence-corrected chi connectivity index (χ4v) is 1.97. The summed E-state index contributed by atoms with van der Waals surface area (Å²) in [6.45, 7) is 2.53. The average molecular weight is 272 g/mol. The maximum atomic E-state index is 12.5. The van der Waals surface area contributed by atoms with Gasteiger partial charge in [0.2, 0.25) is 5.95 Å². The average Bonchev–Trinajstić information content (AvgIpc) is 2.37. The highest BCUT2D eigenvalue weighted by Gasteiger charge is 2.35. The van der Waals surface area contributed by atoms with Gasteiger partial charge in [0.1, 0.15) is 0 Å². The van der Waals surface area contributed by atoms with Crippen LogP contribution in [0.3, 0.4) is 0 Å². The molecule has 104 valence electrons. The SMILES string of the molecule is Cc1cc(CN)nc(N2CC=C(C(F)(F)F)CC2)n1. The molecule has 7 heteroatoms. The molecular weight excluding hydrogens is 257 g/mol. The third-order valence-electron chi connectivity index (χ3n) is 2.96. The smallest absolute Gasteiger partial charge is 0.337 e. The molecule has 1 aromatic rings. The van der Waals surface area contributed by atoms with Gasteiger partial charge in [-0.2, -0.15) is 13.2 Å². The second-order valence-electron chi connectivity index (χ2n) is 4.43. The molecule has 1 aliphatic rings. The van der Waals surface area contributed by atoms with Gasteiger partial charge >= 0.3 is 6.18 Å². The maximum Gasteiger partial charge on any atom is 0.412 e. The van der Waals surface area contributed by atoms with Crippen molar-refractivity contribution in [3.05, 3.63) is 29.1 Å². The van der Waals surface area contributed by atoms with Crippen LogP contribution in [0.2, 0.25) is 0 Å². The molecule has 0 bridgehead atoms. The van der Waals surface area contributed by atoms with Gasteiger partial charge in [0.25, 0.3) is 0 Å². The van der Waals surface area contributed by atoms with E-state index in [-0.39, 0.29) is 26.1 Å². The van der Waals surface area contributed by atoms with Crippen LogP contribution in [0.4, 0.5) is 19.1 Å². The Morgan fingerprint density at radius 2 is 2.11 bits per heavy atom. The van der Waals surface area contributed by atoms with Crippen molar-refractivity contribution in [2.45, 2.75) is 26.1 Å². The van der Waals surface area contributed by atoms with Crippen LogP contribution in [-0.4, -0.2) is 29.2 Å². The number of halogens is 3. The number of hydrogen-bond acceptors (Lipinski definition) is 4. The molecule has 0 saturated heterocycles. The van der Waals surface area contributed by atoms with E-state index in [2.05, 4.69) is 9.97 Å². The molecule has 0 unspecified atom stereocenters. The van der Waals surface area contributed by atoms with Crippen LogP contribution < -0.4 is 10.6 Å². The van der Waals surface area contributed by atoms with E-state index in [0.717, 1.165) is 5.69 Å². The molecule has 2 heterocycles. The first kappa shape index (κ1) is 13.8. The largest absolute Gasteiger partial charge is 0.412 e. The number of aromatic nitrogens is 2. The van der Waals surface area contributed by atoms with Gasteiger partial charge in [-0.05, 0) is 19.4 Å². The molecule has 0 saturated carbocycles. The lowest BCUT2D eigenvalue weighted by molar-refractivity contribution is -0.0944. The van der Waals surface area contributed by atoms with Gasteiger partial charge in [0, 0.05) is 30.9 Å². The number of nitrogens with zero attached hydrogens (tertiary/aromatic N) is 3. The van der Waals surface area contributed by atoms with E-state index in [1.165, 1.54) is 6.08 Å². The zero-order chi connectivity index (χ0) is 14.0. The first-order valence-electron chi connectivity index (χ1n) is 5.96. The Morgan fingerprint density at radius 1 is 1.37 bits per heavy atom. The van der Waals surface area contributed by atoms with Crippen molar-refractivity contribution in [3.63, 3.8) is 0 Å². The van der Waals surface area contributed by atoms with Crippen LogP contribution in [0.15, 0.2) is 17.7 Å². The number of rotatable bonds is 2. The van der Waals surface area contributed by atoms with Crippen LogP contribution in [0.1, 0.15) is 17.8 Å². The minimum absolute atomic E-state index is 0.0429. The molecule has 0 atom stereocenters. The lowest BCUT2D eigenvalue weighted by atomic mass is 10.1. The second kappa shape index (κ2) is 5.16. The number of hydrogen-bond donors (Lipinski definition) is 1. The van der Waals surface area contributed by atoms with Crippen molar-refractivity contribution in [3.8, 4) is 0 Å². The molecule has 4 nitrogen and oxygen atoms in total. The quantitative estimate of drug-likeness (QED) is 0.836. The first-order chi connectivity index (χ1) is 8.90. The van der Waals surface area contributed by atoms with Gasteiger partial charge in [-0.1, -0.05) is 6.08 Å². The Hall–Kier alpha value is -1.63. The number of nitrogens with two attached hydrogens (primary N) is 1. The minimum Gasteiger partial charge on any atom is -0.337 e. The molecule has 0 aliphatic carbocycles. The van der Waals surface area contributed by atoms with Crippen molar-refractivity contribution in [1.29, 1.82) is 0 Å². The van der Waals surface area contributed by atoms with Crippen LogP contribution >= 0.6 is 0 Å². The minimum atomic E-state index is -4.23. The second-order valence-corrected chi connectivity index (χ2v) is 4.43. The molecular formula is C12H15F3N4. The van der Waals surface area contributed by atoms with Crippen molar-refractivity contribution in [2.24, 2.45) is 5.73 Å². The van der Waals surface area contributed by atoms with Crippen molar-refractivity contribution < 1.29 is 13.2 Å². The molecule has 1 aromatic heterocycles. The molecule has 19 heavy (non-hydrogen) atoms. The highest BCUT2D eigenvalue weighted by Crippen LogP contribution is 2.30. The number of alkyl halides is 3. The maximum absolute atomic E-state index is 12.5. The topological polar surface area (TPSA) is 55.0 Å². The number of aryl methyl sites for hydroxylation is 1. The Kier molecular flexibility index (Phi) is 3.75. The van der Waals surface area contributed by atoms with Crippen molar-refractivity contribution >= 4 is 5.95 Å². The zero-order valence-corrected chi connectivity index (χ0v) is 10.5. The fraction of sp³-hybridized carbons (Fsp3) is 0.500. The van der Waals surface area contributed by atoms with Crippen molar-refractivity contribution in [2.75, 3.05) is 18.0 Å². The molecule has 0 radical (unpaired) electrons. The molecule has 0 fully saturated rings. The third kappa shape index (κ3) is 3.23. The first-order valence-corrected chi connectivity index (χ1v) is 5.96. The highest BCUT2D eigenvalue weighted by molar-refractivity contribution is 5.36. The molecule has 2 rings (SSSR count). The Labute approximate surface area is 109 Å². The summed E-state index contributed by atoms with van der Waals surface area (Å²) < 4.78 is 37.6. The van der Waals surface area contributed by atoms with Gasteiger partial charge in [0.05, 0.1) is 5.69 Å². The van der Waals surface area contributed by atoms with Gasteiger partial charge in [-0.3, -0.25) is 0 Å². The van der Waals surface area contributed by atoms with Crippen LogP contribution in [0.5, 0.6) is 0 Å². The fourth-order valence-electron chi connectivity index (χ4n) is 1.97. The van der Waals surface area contributed by atoms with Crippen LogP contribution in [0, 0.1) is 6.92 Å². The molecule has 2 N–H and O–H groups in total. The van der Waals surface area contributed by atoms with Gasteiger partial charge in [-0.15, -0.1) is 0 Å². The monoisotopic (exact) mass is 272 g/mol. The van der Waals surface area contributed by atoms with E-state index in [4.69, 9.17) is 5.73 Å². The Bertz CT molecular complexity index is 496. The van der Waals surface area contributed by atoms with Gasteiger partial charge in [0.15, 0.2) is 0 Å². The van der Waals surface area contributed by atoms with E-state index >= 15 is 0 Å². The highest BCUT2D eigenvalue weighted by atomic mass is 19.4. The predicted molar refractivity (Wildman–Crippen MR) is 65.6 cm³/mol. The summed E-state index contributed by atoms with van der Waals surface area (Å²) in [6, 6.07) is 1.77. The van der Waals surface area contributed by atoms with Gasteiger partial charge in [-0.25, -0.2) is 9.97 Å². The van der Waals surface area contributed by atoms with E-state index in [1.807, 2.05) is 6.92 Å². The van der Waals surface area contributed by atoms with E-state index in [1.54, 1.807) is 11.0 Å². The lowest BCUT2D eigenvalue weighted by Crippen LogP contribution is -2.33. The van der Waals surface area contributed by atoms with E-state index in [9.17, 15) is 13.2 Å². The summed E-state index contributed by atoms with van der Waals surface area (Å²) in [6.07, 6.45) is -3.09. The van der Waals surface area contributed by atoms with E-state index < -0.39 is 11.7 Å². The number of anilines is 1. The van der Waals surface area contributed by atoms with E-state index in [0.29, 0.717) is 11.6 Å². The molecule has 0 spiro atoms. The normalized spacial score (nSPS) is 16.5. The molecule has 0 amide bonds. The third-order valence-corrected chi connectivity index (χ3v) is 2.96. The zero-order valence-electron chi connectivity index (χ0n) is 10.5. The Morgan fingerprint density at radius 3 is 2.63 bits per heavy atom. The summed E-state index contributed by atoms with van der Waals surface area (Å²) in [7, 11) is 0.